The third-order valence-electron chi connectivity index (χ3n) is 5.38. The Labute approximate surface area is 168 Å². The average molecular weight is 392 g/mol. The number of hydrogen-bond acceptors (Lipinski definition) is 7. The fourth-order valence-electron chi connectivity index (χ4n) is 3.95. The van der Waals surface area contributed by atoms with Crippen LogP contribution in [0.15, 0.2) is 35.1 Å². The Bertz CT molecular complexity index is 1090. The standard InChI is InChI=1S/C20H24N8O/c1-3-17-23-18(28(25-17)15-11-22-26(2)13-15)10-14-6-5-9-27(12-14)20-24-19-16(29-20)7-4-8-21-19/h4,7-8,11,13-14H,3,5-6,9-10,12H2,1-2H3. The van der Waals surface area contributed by atoms with Crippen LogP contribution in [-0.4, -0.2) is 47.6 Å². The van der Waals surface area contributed by atoms with Gasteiger partial charge in [-0.15, -0.1) is 0 Å². The van der Waals surface area contributed by atoms with E-state index in [-0.39, 0.29) is 0 Å². The van der Waals surface area contributed by atoms with Crippen molar-refractivity contribution in [3.63, 3.8) is 0 Å². The number of aryl methyl sites for hydroxylation is 2. The minimum atomic E-state index is 0.455. The summed E-state index contributed by atoms with van der Waals surface area (Å²) < 4.78 is 9.66. The zero-order chi connectivity index (χ0) is 19.8. The maximum absolute atomic E-state index is 5.93. The summed E-state index contributed by atoms with van der Waals surface area (Å²) >= 11 is 0. The summed E-state index contributed by atoms with van der Waals surface area (Å²) in [7, 11) is 1.91. The van der Waals surface area contributed by atoms with E-state index in [1.807, 2.05) is 36.3 Å². The highest BCUT2D eigenvalue weighted by Crippen LogP contribution is 2.27. The average Bonchev–Trinajstić information content (AvgIpc) is 3.45. The van der Waals surface area contributed by atoms with Crippen molar-refractivity contribution in [3.8, 4) is 5.69 Å². The van der Waals surface area contributed by atoms with Crippen LogP contribution < -0.4 is 4.90 Å². The molecular weight excluding hydrogens is 368 g/mol. The Kier molecular flexibility index (Phi) is 4.49. The van der Waals surface area contributed by atoms with Crippen molar-refractivity contribution >= 4 is 17.2 Å². The monoisotopic (exact) mass is 392 g/mol. The number of hydrogen-bond donors (Lipinski definition) is 0. The molecule has 0 radical (unpaired) electrons. The van der Waals surface area contributed by atoms with Gasteiger partial charge in [-0.2, -0.15) is 15.2 Å². The van der Waals surface area contributed by atoms with Crippen molar-refractivity contribution in [2.75, 3.05) is 18.0 Å². The molecule has 0 saturated carbocycles. The van der Waals surface area contributed by atoms with E-state index in [2.05, 4.69) is 32.0 Å². The SMILES string of the molecule is CCc1nc(CC2CCCN(c3nc4ncccc4o3)C2)n(-c2cnn(C)c2)n1. The maximum Gasteiger partial charge on any atom is 0.299 e. The first-order valence-electron chi connectivity index (χ1n) is 10.1. The highest BCUT2D eigenvalue weighted by molar-refractivity contribution is 5.69. The molecule has 1 fully saturated rings. The summed E-state index contributed by atoms with van der Waals surface area (Å²) in [6, 6.07) is 4.43. The van der Waals surface area contributed by atoms with Crippen LogP contribution in [0, 0.1) is 5.92 Å². The van der Waals surface area contributed by atoms with Gasteiger partial charge in [-0.1, -0.05) is 6.92 Å². The molecule has 9 heteroatoms. The second kappa shape index (κ2) is 7.31. The van der Waals surface area contributed by atoms with Crippen molar-refractivity contribution in [1.82, 2.24) is 34.5 Å². The van der Waals surface area contributed by atoms with E-state index in [4.69, 9.17) is 9.40 Å². The minimum absolute atomic E-state index is 0.455. The lowest BCUT2D eigenvalue weighted by atomic mass is 9.94. The van der Waals surface area contributed by atoms with E-state index in [9.17, 15) is 0 Å². The van der Waals surface area contributed by atoms with Crippen LogP contribution in [0.2, 0.25) is 0 Å². The van der Waals surface area contributed by atoms with Gasteiger partial charge >= 0.3 is 0 Å². The quantitative estimate of drug-likeness (QED) is 0.515. The fourth-order valence-corrected chi connectivity index (χ4v) is 3.95. The number of rotatable bonds is 5. The zero-order valence-corrected chi connectivity index (χ0v) is 16.7. The fraction of sp³-hybridized carbons (Fsp3) is 0.450. The second-order valence-electron chi connectivity index (χ2n) is 7.56. The van der Waals surface area contributed by atoms with Gasteiger partial charge in [0.05, 0.1) is 12.4 Å². The number of aromatic nitrogens is 7. The first kappa shape index (κ1) is 17.8. The number of piperidine rings is 1. The number of fused-ring (bicyclic) bond motifs is 1. The molecule has 0 bridgehead atoms. The summed E-state index contributed by atoms with van der Waals surface area (Å²) in [6.45, 7) is 3.91. The molecule has 1 aliphatic rings. The van der Waals surface area contributed by atoms with Crippen molar-refractivity contribution in [3.05, 3.63) is 42.4 Å². The molecule has 0 spiro atoms. The van der Waals surface area contributed by atoms with Gasteiger partial charge in [-0.05, 0) is 30.9 Å². The first-order chi connectivity index (χ1) is 14.2. The molecule has 1 atom stereocenters. The molecule has 0 N–H and O–H groups in total. The summed E-state index contributed by atoms with van der Waals surface area (Å²) in [4.78, 5) is 15.9. The van der Waals surface area contributed by atoms with Gasteiger partial charge in [0.1, 0.15) is 11.5 Å². The normalized spacial score (nSPS) is 17.3. The minimum Gasteiger partial charge on any atom is -0.422 e. The van der Waals surface area contributed by atoms with E-state index >= 15 is 0 Å². The summed E-state index contributed by atoms with van der Waals surface area (Å²) in [5.74, 6) is 2.30. The van der Waals surface area contributed by atoms with E-state index in [0.717, 1.165) is 61.7 Å². The molecule has 150 valence electrons. The third-order valence-corrected chi connectivity index (χ3v) is 5.38. The lowest BCUT2D eigenvalue weighted by molar-refractivity contribution is 0.386. The van der Waals surface area contributed by atoms with Crippen molar-refractivity contribution in [1.29, 1.82) is 0 Å². The van der Waals surface area contributed by atoms with E-state index in [0.29, 0.717) is 17.6 Å². The summed E-state index contributed by atoms with van der Waals surface area (Å²) in [5, 5.41) is 8.97. The van der Waals surface area contributed by atoms with Crippen molar-refractivity contribution < 1.29 is 4.42 Å². The maximum atomic E-state index is 5.93. The third kappa shape index (κ3) is 3.48. The Morgan fingerprint density at radius 3 is 3.00 bits per heavy atom. The largest absolute Gasteiger partial charge is 0.422 e. The van der Waals surface area contributed by atoms with E-state index in [1.54, 1.807) is 10.9 Å². The van der Waals surface area contributed by atoms with Gasteiger partial charge in [0.2, 0.25) is 5.65 Å². The van der Waals surface area contributed by atoms with Crippen LogP contribution in [0.4, 0.5) is 6.01 Å². The molecule has 0 aromatic carbocycles. The van der Waals surface area contributed by atoms with Crippen LogP contribution in [0.25, 0.3) is 16.9 Å². The topological polar surface area (TPSA) is 90.7 Å². The molecule has 0 aliphatic carbocycles. The van der Waals surface area contributed by atoms with E-state index in [1.165, 1.54) is 0 Å². The number of pyridine rings is 1. The number of anilines is 1. The summed E-state index contributed by atoms with van der Waals surface area (Å²) in [6.07, 6.45) is 9.45. The predicted molar refractivity (Wildman–Crippen MR) is 108 cm³/mol. The smallest absolute Gasteiger partial charge is 0.299 e. The molecule has 1 aliphatic heterocycles. The highest BCUT2D eigenvalue weighted by atomic mass is 16.4. The number of nitrogens with zero attached hydrogens (tertiary/aromatic N) is 8. The van der Waals surface area contributed by atoms with Crippen LogP contribution in [0.5, 0.6) is 0 Å². The molecule has 1 unspecified atom stereocenters. The Morgan fingerprint density at radius 2 is 2.21 bits per heavy atom. The van der Waals surface area contributed by atoms with Crippen LogP contribution in [-0.2, 0) is 19.9 Å². The predicted octanol–water partition coefficient (Wildman–Crippen LogP) is 2.56. The highest BCUT2D eigenvalue weighted by Gasteiger charge is 2.26. The molecular formula is C20H24N8O. The first-order valence-corrected chi connectivity index (χ1v) is 10.1. The van der Waals surface area contributed by atoms with Gasteiger partial charge in [0.15, 0.2) is 11.4 Å². The molecule has 4 aromatic heterocycles. The molecule has 0 amide bonds. The Hall–Kier alpha value is -3.23. The van der Waals surface area contributed by atoms with Gasteiger partial charge in [0.25, 0.3) is 6.01 Å². The molecule has 29 heavy (non-hydrogen) atoms. The van der Waals surface area contributed by atoms with Gasteiger partial charge < -0.3 is 9.32 Å². The molecule has 1 saturated heterocycles. The van der Waals surface area contributed by atoms with Gasteiger partial charge in [-0.3, -0.25) is 4.68 Å². The molecule has 5 rings (SSSR count). The van der Waals surface area contributed by atoms with Crippen LogP contribution in [0.1, 0.15) is 31.4 Å². The van der Waals surface area contributed by atoms with Crippen molar-refractivity contribution in [2.45, 2.75) is 32.6 Å². The second-order valence-corrected chi connectivity index (χ2v) is 7.56. The van der Waals surface area contributed by atoms with Crippen LogP contribution in [0.3, 0.4) is 0 Å². The summed E-state index contributed by atoms with van der Waals surface area (Å²) in [5.41, 5.74) is 2.34. The molecule has 9 nitrogen and oxygen atoms in total. The Balaban J connectivity index is 1.37. The van der Waals surface area contributed by atoms with Gasteiger partial charge in [0, 0.05) is 39.2 Å². The number of oxazole rings is 1. The zero-order valence-electron chi connectivity index (χ0n) is 16.7. The van der Waals surface area contributed by atoms with Gasteiger partial charge in [-0.25, -0.2) is 14.6 Å². The van der Waals surface area contributed by atoms with Crippen molar-refractivity contribution in [2.24, 2.45) is 13.0 Å². The molecule has 4 aromatic rings. The van der Waals surface area contributed by atoms with E-state index < -0.39 is 0 Å². The van der Waals surface area contributed by atoms with Crippen LogP contribution >= 0.6 is 0 Å². The molecule has 5 heterocycles. The Morgan fingerprint density at radius 1 is 1.28 bits per heavy atom. The lowest BCUT2D eigenvalue weighted by Gasteiger charge is -2.31. The lowest BCUT2D eigenvalue weighted by Crippen LogP contribution is -2.36.